The highest BCUT2D eigenvalue weighted by Gasteiger charge is 2.65. The number of Topliss-reactive ketones (excluding diaryl/α,β-unsaturated/α-hetero) is 1. The molecule has 1 N–H and O–H groups in total. The lowest BCUT2D eigenvalue weighted by Crippen LogP contribution is -2.59. The number of aliphatic hydroxyl groups excluding tert-OH is 1. The summed E-state index contributed by atoms with van der Waals surface area (Å²) in [6.45, 7) is 11.4. The van der Waals surface area contributed by atoms with Gasteiger partial charge in [0.25, 0.3) is 0 Å². The summed E-state index contributed by atoms with van der Waals surface area (Å²) in [5.74, 6) is 1.02. The molecule has 3 saturated carbocycles. The molecule has 3 fully saturated rings. The van der Waals surface area contributed by atoms with Crippen molar-refractivity contribution in [3.8, 4) is 0 Å². The number of aliphatic hydroxyl groups is 1. The molecular weight excluding hydrogens is 284 g/mol. The third-order valence-corrected chi connectivity index (χ3v) is 8.33. The lowest BCUT2D eigenvalue weighted by atomic mass is 9.41. The van der Waals surface area contributed by atoms with Gasteiger partial charge in [0.15, 0.2) is 0 Å². The molecule has 0 aromatic carbocycles. The first-order valence-corrected chi connectivity index (χ1v) is 9.72. The average molecular weight is 321 g/mol. The number of carbonyl (C=O) groups excluding carboxylic acids is 1. The van der Waals surface area contributed by atoms with Crippen LogP contribution in [0.3, 0.4) is 0 Å². The van der Waals surface area contributed by atoms with E-state index in [0.717, 1.165) is 25.7 Å². The van der Waals surface area contributed by atoms with Crippen molar-refractivity contribution in [2.45, 2.75) is 98.5 Å². The first-order chi connectivity index (χ1) is 10.5. The summed E-state index contributed by atoms with van der Waals surface area (Å²) in [7, 11) is 0. The largest absolute Gasteiger partial charge is 0.393 e. The normalized spacial score (nSPS) is 49.1. The van der Waals surface area contributed by atoms with Crippen LogP contribution in [0.1, 0.15) is 92.4 Å². The molecule has 0 aliphatic heterocycles. The molecule has 5 atom stereocenters. The van der Waals surface area contributed by atoms with Crippen LogP contribution < -0.4 is 0 Å². The predicted molar refractivity (Wildman–Crippen MR) is 94.2 cm³/mol. The fourth-order valence-electron chi connectivity index (χ4n) is 7.40. The van der Waals surface area contributed by atoms with Crippen LogP contribution in [0.15, 0.2) is 0 Å². The van der Waals surface area contributed by atoms with E-state index in [9.17, 15) is 9.90 Å². The van der Waals surface area contributed by atoms with Crippen molar-refractivity contribution in [3.63, 3.8) is 0 Å². The number of ketones is 1. The van der Waals surface area contributed by atoms with E-state index in [1.165, 1.54) is 25.7 Å². The minimum absolute atomic E-state index is 0.0395. The van der Waals surface area contributed by atoms with Crippen LogP contribution in [0.2, 0.25) is 0 Å². The quantitative estimate of drug-likeness (QED) is 0.766. The van der Waals surface area contributed by atoms with E-state index >= 15 is 0 Å². The van der Waals surface area contributed by atoms with Crippen LogP contribution in [0.4, 0.5) is 0 Å². The minimum atomic E-state index is -0.175. The Morgan fingerprint density at radius 2 is 1.74 bits per heavy atom. The Hall–Kier alpha value is -0.370. The molecule has 23 heavy (non-hydrogen) atoms. The molecule has 2 nitrogen and oxygen atoms in total. The maximum absolute atomic E-state index is 11.8. The van der Waals surface area contributed by atoms with E-state index < -0.39 is 0 Å². The van der Waals surface area contributed by atoms with E-state index in [1.54, 1.807) is 6.92 Å². The Labute approximate surface area is 142 Å². The van der Waals surface area contributed by atoms with Gasteiger partial charge in [-0.2, -0.15) is 0 Å². The number of rotatable bonds is 2. The highest BCUT2D eigenvalue weighted by molar-refractivity contribution is 5.76. The van der Waals surface area contributed by atoms with Crippen molar-refractivity contribution >= 4 is 5.78 Å². The molecule has 0 radical (unpaired) electrons. The molecule has 0 saturated heterocycles. The van der Waals surface area contributed by atoms with Crippen molar-refractivity contribution in [2.24, 2.45) is 27.6 Å². The Bertz CT molecular complexity index is 496. The first kappa shape index (κ1) is 17.5. The lowest BCUT2D eigenvalue weighted by Gasteiger charge is -2.64. The van der Waals surface area contributed by atoms with E-state index in [2.05, 4.69) is 27.7 Å². The number of hydrogen-bond donors (Lipinski definition) is 1. The van der Waals surface area contributed by atoms with Gasteiger partial charge in [0, 0.05) is 11.8 Å². The van der Waals surface area contributed by atoms with Crippen LogP contribution in [0.25, 0.3) is 0 Å². The van der Waals surface area contributed by atoms with Crippen LogP contribution in [-0.2, 0) is 4.79 Å². The Balaban J connectivity index is 1.98. The zero-order chi connectivity index (χ0) is 17.1. The highest BCUT2D eigenvalue weighted by Crippen LogP contribution is 2.71. The van der Waals surface area contributed by atoms with Crippen molar-refractivity contribution in [2.75, 3.05) is 0 Å². The van der Waals surface area contributed by atoms with Gasteiger partial charge in [0.05, 0.1) is 6.10 Å². The van der Waals surface area contributed by atoms with Crippen molar-refractivity contribution in [1.29, 1.82) is 0 Å². The van der Waals surface area contributed by atoms with Gasteiger partial charge in [0.1, 0.15) is 5.78 Å². The second-order valence-corrected chi connectivity index (χ2v) is 10.4. The van der Waals surface area contributed by atoms with E-state index in [-0.39, 0.29) is 22.3 Å². The molecule has 3 aliphatic carbocycles. The monoisotopic (exact) mass is 320 g/mol. The summed E-state index contributed by atoms with van der Waals surface area (Å²) in [5, 5.41) is 11.1. The summed E-state index contributed by atoms with van der Waals surface area (Å²) in [5.41, 5.74) is 0.762. The number of fused-ring (bicyclic) bond motifs is 2. The summed E-state index contributed by atoms with van der Waals surface area (Å²) >= 11 is 0. The Morgan fingerprint density at radius 1 is 1.04 bits per heavy atom. The van der Waals surface area contributed by atoms with Crippen LogP contribution >= 0.6 is 0 Å². The molecule has 3 rings (SSSR count). The van der Waals surface area contributed by atoms with Gasteiger partial charge >= 0.3 is 0 Å². The van der Waals surface area contributed by atoms with Gasteiger partial charge in [-0.15, -0.1) is 0 Å². The number of carbonyl (C=O) groups is 1. The topological polar surface area (TPSA) is 37.3 Å². The lowest BCUT2D eigenvalue weighted by molar-refractivity contribution is -0.186. The molecule has 0 unspecified atom stereocenters. The number of hydrogen-bond acceptors (Lipinski definition) is 2. The molecule has 132 valence electrons. The van der Waals surface area contributed by atoms with E-state index in [0.29, 0.717) is 23.5 Å². The van der Waals surface area contributed by atoms with E-state index in [1.807, 2.05) is 0 Å². The van der Waals surface area contributed by atoms with Crippen LogP contribution in [-0.4, -0.2) is 17.0 Å². The van der Waals surface area contributed by atoms with Gasteiger partial charge < -0.3 is 9.90 Å². The second-order valence-electron chi connectivity index (χ2n) is 10.4. The molecule has 0 aromatic heterocycles. The van der Waals surface area contributed by atoms with Gasteiger partial charge in [-0.3, -0.25) is 0 Å². The maximum Gasteiger partial charge on any atom is 0.130 e. The zero-order valence-electron chi connectivity index (χ0n) is 15.9. The van der Waals surface area contributed by atoms with Gasteiger partial charge in [-0.05, 0) is 74.0 Å². The third kappa shape index (κ3) is 2.51. The zero-order valence-corrected chi connectivity index (χ0v) is 15.9. The standard InChI is InChI=1S/C21H36O2/c1-15(22)13-19(4)11-12-21(14-19)17(23)8-7-16-18(2,3)9-6-10-20(16,21)5/h16-17,23H,6-14H2,1-5H3/t16-,17-,19-,20-,21+/m0/s1. The van der Waals surface area contributed by atoms with Gasteiger partial charge in [0.2, 0.25) is 0 Å². The Kier molecular flexibility index (Phi) is 4.03. The second kappa shape index (κ2) is 5.31. The summed E-state index contributed by atoms with van der Waals surface area (Å²) in [4.78, 5) is 11.8. The van der Waals surface area contributed by atoms with Gasteiger partial charge in [-0.25, -0.2) is 0 Å². The average Bonchev–Trinajstić information content (AvgIpc) is 2.74. The fraction of sp³-hybridized carbons (Fsp3) is 0.952. The molecule has 0 bridgehead atoms. The first-order valence-electron chi connectivity index (χ1n) is 9.72. The minimum Gasteiger partial charge on any atom is -0.393 e. The van der Waals surface area contributed by atoms with Crippen molar-refractivity contribution in [1.82, 2.24) is 0 Å². The molecule has 1 spiro atoms. The molecule has 3 aliphatic rings. The Morgan fingerprint density at radius 3 is 2.39 bits per heavy atom. The van der Waals surface area contributed by atoms with E-state index in [4.69, 9.17) is 0 Å². The molecule has 0 heterocycles. The molecule has 0 aromatic rings. The smallest absolute Gasteiger partial charge is 0.130 e. The van der Waals surface area contributed by atoms with Crippen LogP contribution in [0.5, 0.6) is 0 Å². The summed E-state index contributed by atoms with van der Waals surface area (Å²) in [6.07, 6.45) is 9.78. The SMILES string of the molecule is CC(=O)C[C@]1(C)CC[C@@]2(C1)[C@@H](O)CC[C@H]1C(C)(C)CCC[C@@]12C. The van der Waals surface area contributed by atoms with Crippen molar-refractivity contribution in [3.05, 3.63) is 0 Å². The third-order valence-electron chi connectivity index (χ3n) is 8.33. The molecule has 2 heteroatoms. The summed E-state index contributed by atoms with van der Waals surface area (Å²) in [6, 6.07) is 0. The highest BCUT2D eigenvalue weighted by atomic mass is 16.3. The fourth-order valence-corrected chi connectivity index (χ4v) is 7.40. The molecular formula is C21H36O2. The molecule has 0 amide bonds. The van der Waals surface area contributed by atoms with Crippen molar-refractivity contribution < 1.29 is 9.90 Å². The predicted octanol–water partition coefficient (Wildman–Crippen LogP) is 5.13. The van der Waals surface area contributed by atoms with Gasteiger partial charge in [-0.1, -0.05) is 34.1 Å². The summed E-state index contributed by atoms with van der Waals surface area (Å²) < 4.78 is 0. The maximum atomic E-state index is 11.8. The van der Waals surface area contributed by atoms with Crippen LogP contribution in [0, 0.1) is 27.6 Å².